The molecule has 2 nitrogen and oxygen atoms in total. The summed E-state index contributed by atoms with van der Waals surface area (Å²) in [5, 5.41) is 4.11. The fraction of sp³-hybridized carbons (Fsp3) is 0.0196. The predicted octanol–water partition coefficient (Wildman–Crippen LogP) is 11.4. The number of carbonyl (C=O) groups is 1. The number of pyridine rings is 1. The van der Waals surface area contributed by atoms with Gasteiger partial charge in [0.2, 0.25) is 0 Å². The Balaban J connectivity index is 0.000000215. The van der Waals surface area contributed by atoms with Crippen LogP contribution in [0.2, 0.25) is 0 Å². The fourth-order valence-corrected chi connectivity index (χ4v) is 8.85. The minimum absolute atomic E-state index is 0.0505. The normalized spacial score (nSPS) is 11.6. The molecule has 0 aliphatic heterocycles. The SMILES string of the molecule is Fc1c(F)c(F)c([B-](c2c(F)c(F)c(F)c(F)c2F)(c2c(F)c(F)c(F)c(F)c2F)c2c(F)c(F)c(F)c(F)c2F)c(F)c1F.O=C(c1cccc2ccccc12)c1c2ccccc2cc[n+]1Cc1ccccc1. The highest BCUT2D eigenvalue weighted by molar-refractivity contribution is 7.20. The molecule has 0 aliphatic rings. The minimum Gasteiger partial charge on any atom is -0.282 e. The number of hydrogen-bond acceptors (Lipinski definition) is 1. The van der Waals surface area contributed by atoms with Gasteiger partial charge in [-0.15, -0.1) is 21.9 Å². The van der Waals surface area contributed by atoms with Gasteiger partial charge in [0.1, 0.15) is 52.7 Å². The highest BCUT2D eigenvalue weighted by Gasteiger charge is 2.52. The Hall–Kier alpha value is -8.24. The largest absolute Gasteiger partial charge is 0.282 e. The molecule has 1 aromatic heterocycles. The molecule has 0 fully saturated rings. The highest BCUT2D eigenvalue weighted by atomic mass is 19.2. The maximum Gasteiger partial charge on any atom is 0.261 e. The molecule has 0 N–H and O–H groups in total. The Morgan fingerprint density at radius 3 is 1.00 bits per heavy atom. The molecule has 8 aromatic carbocycles. The Morgan fingerprint density at radius 1 is 0.324 bits per heavy atom. The monoisotopic (exact) mass is 1050 g/mol. The molecular weight excluding hydrogens is 1030 g/mol. The van der Waals surface area contributed by atoms with E-state index < -0.39 is 144 Å². The van der Waals surface area contributed by atoms with Crippen LogP contribution in [0.4, 0.5) is 87.8 Å². The summed E-state index contributed by atoms with van der Waals surface area (Å²) < 4.78 is 296. The quantitative estimate of drug-likeness (QED) is 0.0371. The molecule has 9 rings (SSSR count). The molecule has 0 amide bonds. The molecule has 1 heterocycles. The molecule has 0 atom stereocenters. The third kappa shape index (κ3) is 8.04. The number of benzene rings is 8. The molecule has 378 valence electrons. The first-order chi connectivity index (χ1) is 35.0. The molecule has 0 saturated heterocycles. The van der Waals surface area contributed by atoms with Gasteiger partial charge >= 0.3 is 0 Å². The van der Waals surface area contributed by atoms with Gasteiger partial charge in [0.05, 0.1) is 5.39 Å². The first kappa shape index (κ1) is 52.1. The molecule has 0 aliphatic carbocycles. The van der Waals surface area contributed by atoms with Gasteiger partial charge in [-0.3, -0.25) is 4.79 Å². The molecule has 74 heavy (non-hydrogen) atoms. The predicted molar refractivity (Wildman–Crippen MR) is 226 cm³/mol. The average Bonchev–Trinajstić information content (AvgIpc) is 3.40. The van der Waals surface area contributed by atoms with Gasteiger partial charge in [0, 0.05) is 17.2 Å². The van der Waals surface area contributed by atoms with Crippen molar-refractivity contribution in [1.29, 1.82) is 0 Å². The van der Waals surface area contributed by atoms with Crippen LogP contribution in [-0.4, -0.2) is 11.9 Å². The third-order valence-electron chi connectivity index (χ3n) is 12.1. The van der Waals surface area contributed by atoms with E-state index in [1.165, 1.54) is 5.56 Å². The van der Waals surface area contributed by atoms with Crippen LogP contribution in [0.5, 0.6) is 0 Å². The van der Waals surface area contributed by atoms with Crippen molar-refractivity contribution >= 4 is 55.3 Å². The summed E-state index contributed by atoms with van der Waals surface area (Å²) in [6.45, 7) is 0.650. The van der Waals surface area contributed by atoms with Crippen molar-refractivity contribution in [3.05, 3.63) is 242 Å². The zero-order chi connectivity index (χ0) is 54.0. The number of ketones is 1. The number of nitrogens with zero attached hydrogens (tertiary/aromatic N) is 1. The van der Waals surface area contributed by atoms with Gasteiger partial charge in [-0.2, -0.15) is 4.57 Å². The first-order valence-corrected chi connectivity index (χ1v) is 20.7. The van der Waals surface area contributed by atoms with Gasteiger partial charge in [-0.05, 0) is 22.2 Å². The minimum atomic E-state index is -7.22. The van der Waals surface area contributed by atoms with Crippen LogP contribution < -0.4 is 26.4 Å². The Morgan fingerprint density at radius 2 is 0.622 bits per heavy atom. The van der Waals surface area contributed by atoms with Crippen molar-refractivity contribution in [1.82, 2.24) is 0 Å². The summed E-state index contributed by atoms with van der Waals surface area (Å²) in [6, 6.07) is 34.4. The van der Waals surface area contributed by atoms with Crippen LogP contribution in [0, 0.1) is 116 Å². The number of rotatable bonds is 8. The summed E-state index contributed by atoms with van der Waals surface area (Å²) in [5.41, 5.74) is -11.7. The van der Waals surface area contributed by atoms with Gasteiger partial charge in [-0.1, -0.05) is 91.0 Å². The topological polar surface area (TPSA) is 20.9 Å². The average molecular weight is 1050 g/mol. The molecule has 0 spiro atoms. The van der Waals surface area contributed by atoms with Crippen molar-refractivity contribution in [3.63, 3.8) is 0 Å². The van der Waals surface area contributed by atoms with Crippen molar-refractivity contribution in [2.24, 2.45) is 0 Å². The van der Waals surface area contributed by atoms with Crippen LogP contribution >= 0.6 is 0 Å². The Bertz CT molecular complexity index is 3410. The lowest BCUT2D eigenvalue weighted by molar-refractivity contribution is -0.688. The van der Waals surface area contributed by atoms with Crippen molar-refractivity contribution in [2.75, 3.05) is 0 Å². The van der Waals surface area contributed by atoms with E-state index in [2.05, 4.69) is 28.8 Å². The third-order valence-corrected chi connectivity index (χ3v) is 12.1. The zero-order valence-electron chi connectivity index (χ0n) is 36.1. The van der Waals surface area contributed by atoms with Gasteiger partial charge in [0.25, 0.3) is 11.5 Å². The summed E-state index contributed by atoms with van der Waals surface area (Å²) in [6.07, 6.45) is -5.20. The van der Waals surface area contributed by atoms with Crippen molar-refractivity contribution in [2.45, 2.75) is 6.54 Å². The number of fused-ring (bicyclic) bond motifs is 2. The lowest BCUT2D eigenvalue weighted by Gasteiger charge is -2.44. The van der Waals surface area contributed by atoms with E-state index in [9.17, 15) is 57.5 Å². The van der Waals surface area contributed by atoms with Crippen LogP contribution in [0.15, 0.2) is 109 Å². The second kappa shape index (κ2) is 19.6. The number of aromatic nitrogens is 1. The summed E-state index contributed by atoms with van der Waals surface area (Å²) in [7, 11) is 0. The van der Waals surface area contributed by atoms with Crippen molar-refractivity contribution < 1.29 is 97.2 Å². The summed E-state index contributed by atoms with van der Waals surface area (Å²) >= 11 is 0. The van der Waals surface area contributed by atoms with E-state index in [-0.39, 0.29) is 5.78 Å². The lowest BCUT2D eigenvalue weighted by Crippen LogP contribution is -2.81. The maximum atomic E-state index is 15.4. The van der Waals surface area contributed by atoms with Crippen LogP contribution in [0.1, 0.15) is 21.6 Å². The molecule has 23 heteroatoms. The Labute approximate surface area is 400 Å². The second-order valence-electron chi connectivity index (χ2n) is 16.0. The van der Waals surface area contributed by atoms with Crippen LogP contribution in [0.25, 0.3) is 21.5 Å². The molecule has 9 aromatic rings. The number of halogens is 20. The highest BCUT2D eigenvalue weighted by Crippen LogP contribution is 2.31. The van der Waals surface area contributed by atoms with Gasteiger partial charge < -0.3 is 0 Å². The molecule has 0 bridgehead atoms. The first-order valence-electron chi connectivity index (χ1n) is 20.7. The fourth-order valence-electron chi connectivity index (χ4n) is 8.85. The van der Waals surface area contributed by atoms with Gasteiger partial charge in [-0.25, -0.2) is 87.8 Å². The lowest BCUT2D eigenvalue weighted by atomic mass is 9.12. The maximum absolute atomic E-state index is 15.4. The smallest absolute Gasteiger partial charge is 0.261 e. The van der Waals surface area contributed by atoms with Crippen LogP contribution in [-0.2, 0) is 6.54 Å². The van der Waals surface area contributed by atoms with E-state index in [1.54, 1.807) is 0 Å². The number of carbonyl (C=O) groups excluding carboxylic acids is 1. The zero-order valence-corrected chi connectivity index (χ0v) is 36.1. The van der Waals surface area contributed by atoms with E-state index in [0.717, 1.165) is 32.8 Å². The standard InChI is InChI=1S/C27H20NO.C24BF20/c29-27(25-16-8-13-21-11-4-6-14-23(21)25)26-24-15-7-5-12-22(24)17-18-28(26)19-20-9-2-1-3-10-20;26-5-1(6(27)14(35)21(42)13(5)34)25(2-7(28)15(36)22(43)16(37)8(2)29,3-9(30)17(38)23(44)18(39)10(3)31)4-11(32)19(40)24(45)20(41)12(4)33/h1-18H,19H2;/q+1;-1. The summed E-state index contributed by atoms with van der Waals surface area (Å²) in [4.78, 5) is 13.9. The van der Waals surface area contributed by atoms with Gasteiger partial charge in [0.15, 0.2) is 82.5 Å². The van der Waals surface area contributed by atoms with E-state index in [1.807, 2.05) is 85.1 Å². The molecule has 0 saturated carbocycles. The van der Waals surface area contributed by atoms with E-state index >= 15 is 35.1 Å². The van der Waals surface area contributed by atoms with Crippen LogP contribution in [0.3, 0.4) is 0 Å². The Kier molecular flexibility index (Phi) is 13.8. The number of hydrogen-bond donors (Lipinski definition) is 0. The van der Waals surface area contributed by atoms with Crippen molar-refractivity contribution in [3.8, 4) is 0 Å². The van der Waals surface area contributed by atoms with E-state index in [0.29, 0.717) is 6.54 Å². The second-order valence-corrected chi connectivity index (χ2v) is 16.0. The summed E-state index contributed by atoms with van der Waals surface area (Å²) in [5.74, 6) is -71.4. The molecule has 0 unspecified atom stereocenters. The molecular formula is C51H20BF20NO. The molecule has 0 radical (unpaired) electrons. The van der Waals surface area contributed by atoms with E-state index in [4.69, 9.17) is 0 Å².